The maximum atomic E-state index is 14.5. The summed E-state index contributed by atoms with van der Waals surface area (Å²) in [7, 11) is 0. The molecule has 3 aliphatic heterocycles. The standard InChI is InChI=1S/C19H25FN6OS/c20-17-16(13-3-5-14(6-4-13)25-8-1-2-9-25)24-19(28-17)22-7-10-26-12-23-18(21)15(26)11-27/h3-6,11,19,22,24,27H,1-2,7-10,12H2,(H2,21,23). The lowest BCUT2D eigenvalue weighted by molar-refractivity contribution is 0.359. The number of aliphatic hydroxyl groups excluding tert-OH is 1. The minimum Gasteiger partial charge on any atom is -0.513 e. The summed E-state index contributed by atoms with van der Waals surface area (Å²) in [4.78, 5) is 8.32. The normalized spacial score (nSPS) is 23.7. The van der Waals surface area contributed by atoms with E-state index in [-0.39, 0.29) is 10.7 Å². The lowest BCUT2D eigenvalue weighted by atomic mass is 10.1. The second-order valence-electron chi connectivity index (χ2n) is 6.95. The van der Waals surface area contributed by atoms with Gasteiger partial charge in [-0.15, -0.1) is 0 Å². The number of hydrogen-bond acceptors (Lipinski definition) is 8. The van der Waals surface area contributed by atoms with Gasteiger partial charge in [-0.3, -0.25) is 5.32 Å². The molecule has 5 N–H and O–H groups in total. The molecule has 0 bridgehead atoms. The summed E-state index contributed by atoms with van der Waals surface area (Å²) in [5.74, 6) is 0.336. The van der Waals surface area contributed by atoms with Crippen LogP contribution in [0.3, 0.4) is 0 Å². The zero-order valence-electron chi connectivity index (χ0n) is 15.6. The van der Waals surface area contributed by atoms with Crippen molar-refractivity contribution in [3.8, 4) is 0 Å². The SMILES string of the molecule is NC1=NCN(CCNC2NC(c3ccc(N4CCCC4)cc3)=C(F)S2)C1=CO. The summed E-state index contributed by atoms with van der Waals surface area (Å²) in [6.45, 7) is 3.82. The molecule has 0 spiro atoms. The Bertz CT molecular complexity index is 803. The van der Waals surface area contributed by atoms with E-state index in [9.17, 15) is 9.50 Å². The molecule has 9 heteroatoms. The van der Waals surface area contributed by atoms with Crippen molar-refractivity contribution in [3.63, 3.8) is 0 Å². The second-order valence-corrected chi connectivity index (χ2v) is 8.01. The van der Waals surface area contributed by atoms with E-state index in [2.05, 4.69) is 32.7 Å². The zero-order valence-corrected chi connectivity index (χ0v) is 16.4. The Morgan fingerprint density at radius 1 is 1.32 bits per heavy atom. The fourth-order valence-electron chi connectivity index (χ4n) is 3.63. The number of thioether (sulfide) groups is 1. The van der Waals surface area contributed by atoms with Crippen molar-refractivity contribution in [3.05, 3.63) is 46.9 Å². The van der Waals surface area contributed by atoms with Crippen LogP contribution in [0.25, 0.3) is 5.70 Å². The number of hydrogen-bond donors (Lipinski definition) is 4. The molecule has 3 heterocycles. The molecule has 1 unspecified atom stereocenters. The minimum atomic E-state index is -0.240. The Labute approximate surface area is 168 Å². The van der Waals surface area contributed by atoms with Gasteiger partial charge in [-0.25, -0.2) is 4.99 Å². The van der Waals surface area contributed by atoms with E-state index < -0.39 is 0 Å². The highest BCUT2D eigenvalue weighted by atomic mass is 32.2. The number of aliphatic imine (C=N–C) groups is 1. The molecule has 28 heavy (non-hydrogen) atoms. The molecule has 1 fully saturated rings. The predicted molar refractivity (Wildman–Crippen MR) is 112 cm³/mol. The minimum absolute atomic E-state index is 0.212. The molecule has 1 aromatic rings. The Kier molecular flexibility index (Phi) is 5.63. The van der Waals surface area contributed by atoms with Gasteiger partial charge in [-0.05, 0) is 25.0 Å². The van der Waals surface area contributed by atoms with Crippen LogP contribution in [-0.4, -0.2) is 54.2 Å². The number of nitrogens with one attached hydrogen (secondary N) is 2. The van der Waals surface area contributed by atoms with E-state index in [4.69, 9.17) is 5.73 Å². The van der Waals surface area contributed by atoms with Gasteiger partial charge in [0.05, 0.1) is 5.70 Å². The predicted octanol–water partition coefficient (Wildman–Crippen LogP) is 2.12. The second kappa shape index (κ2) is 8.32. The highest BCUT2D eigenvalue weighted by Crippen LogP contribution is 2.35. The summed E-state index contributed by atoms with van der Waals surface area (Å²) in [6, 6.07) is 8.07. The summed E-state index contributed by atoms with van der Waals surface area (Å²) in [6.07, 6.45) is 3.44. The van der Waals surface area contributed by atoms with Crippen molar-refractivity contribution in [2.24, 2.45) is 10.7 Å². The van der Waals surface area contributed by atoms with Gasteiger partial charge >= 0.3 is 0 Å². The van der Waals surface area contributed by atoms with Crippen LogP contribution >= 0.6 is 11.8 Å². The van der Waals surface area contributed by atoms with E-state index in [0.29, 0.717) is 37.0 Å². The third kappa shape index (κ3) is 3.90. The van der Waals surface area contributed by atoms with E-state index >= 15 is 0 Å². The first-order chi connectivity index (χ1) is 13.7. The van der Waals surface area contributed by atoms with Crippen molar-refractivity contribution in [1.29, 1.82) is 0 Å². The van der Waals surface area contributed by atoms with E-state index in [1.807, 2.05) is 17.0 Å². The van der Waals surface area contributed by atoms with Gasteiger partial charge in [-0.1, -0.05) is 23.9 Å². The largest absolute Gasteiger partial charge is 0.513 e. The highest BCUT2D eigenvalue weighted by molar-refractivity contribution is 8.03. The van der Waals surface area contributed by atoms with Crippen molar-refractivity contribution in [1.82, 2.24) is 15.5 Å². The molecule has 0 amide bonds. The Morgan fingerprint density at radius 3 is 2.79 bits per heavy atom. The smallest absolute Gasteiger partial charge is 0.183 e. The average molecular weight is 405 g/mol. The first-order valence-corrected chi connectivity index (χ1v) is 10.3. The molecular weight excluding hydrogens is 379 g/mol. The van der Waals surface area contributed by atoms with Crippen LogP contribution in [0.15, 0.2) is 46.4 Å². The van der Waals surface area contributed by atoms with Gasteiger partial charge in [0.1, 0.15) is 30.0 Å². The Hall–Kier alpha value is -2.39. The Morgan fingerprint density at radius 2 is 2.07 bits per heavy atom. The molecule has 0 aromatic heterocycles. The lowest BCUT2D eigenvalue weighted by Gasteiger charge is -2.21. The first-order valence-electron chi connectivity index (χ1n) is 9.47. The number of benzene rings is 1. The van der Waals surface area contributed by atoms with Crippen LogP contribution < -0.4 is 21.3 Å². The lowest BCUT2D eigenvalue weighted by Crippen LogP contribution is -2.40. The van der Waals surface area contributed by atoms with Crippen LogP contribution in [-0.2, 0) is 0 Å². The first kappa shape index (κ1) is 18.9. The zero-order chi connectivity index (χ0) is 19.5. The Balaban J connectivity index is 1.29. The molecule has 150 valence electrons. The fraction of sp³-hybridized carbons (Fsp3) is 0.421. The molecule has 0 radical (unpaired) electrons. The van der Waals surface area contributed by atoms with E-state index in [1.165, 1.54) is 18.5 Å². The maximum Gasteiger partial charge on any atom is 0.183 e. The summed E-state index contributed by atoms with van der Waals surface area (Å²) in [5.41, 5.74) is 8.57. The van der Waals surface area contributed by atoms with Gasteiger partial charge in [0.2, 0.25) is 0 Å². The number of amidine groups is 1. The van der Waals surface area contributed by atoms with Crippen LogP contribution in [0.5, 0.6) is 0 Å². The topological polar surface area (TPSA) is 89.1 Å². The molecule has 0 aliphatic carbocycles. The third-order valence-corrected chi connectivity index (χ3v) is 6.10. The maximum absolute atomic E-state index is 14.5. The van der Waals surface area contributed by atoms with Crippen molar-refractivity contribution in [2.75, 3.05) is 37.7 Å². The third-order valence-electron chi connectivity index (χ3n) is 5.17. The number of nitrogens with two attached hydrogens (primary N) is 1. The van der Waals surface area contributed by atoms with Gasteiger partial charge in [0, 0.05) is 37.4 Å². The molecule has 0 saturated carbocycles. The number of anilines is 1. The van der Waals surface area contributed by atoms with Crippen LogP contribution in [0.2, 0.25) is 0 Å². The number of nitrogens with zero attached hydrogens (tertiary/aromatic N) is 3. The fourth-order valence-corrected chi connectivity index (χ4v) is 4.51. The van der Waals surface area contributed by atoms with Crippen LogP contribution in [0, 0.1) is 0 Å². The number of aliphatic hydroxyl groups is 1. The van der Waals surface area contributed by atoms with Gasteiger partial charge in [-0.2, -0.15) is 4.39 Å². The van der Waals surface area contributed by atoms with Gasteiger partial charge in [0.25, 0.3) is 0 Å². The summed E-state index contributed by atoms with van der Waals surface area (Å²) >= 11 is 1.13. The quantitative estimate of drug-likeness (QED) is 0.540. The molecule has 1 saturated heterocycles. The van der Waals surface area contributed by atoms with Crippen LogP contribution in [0.4, 0.5) is 10.1 Å². The summed E-state index contributed by atoms with van der Waals surface area (Å²) in [5, 5.41) is 15.5. The summed E-state index contributed by atoms with van der Waals surface area (Å²) < 4.78 is 14.5. The molecule has 4 rings (SSSR count). The van der Waals surface area contributed by atoms with E-state index in [1.54, 1.807) is 0 Å². The van der Waals surface area contributed by atoms with Crippen LogP contribution in [0.1, 0.15) is 18.4 Å². The van der Waals surface area contributed by atoms with Crippen molar-refractivity contribution in [2.45, 2.75) is 18.3 Å². The molecule has 1 aromatic carbocycles. The van der Waals surface area contributed by atoms with E-state index in [0.717, 1.165) is 36.7 Å². The molecular formula is C19H25FN6OS. The highest BCUT2D eigenvalue weighted by Gasteiger charge is 2.26. The average Bonchev–Trinajstić information content (AvgIpc) is 3.43. The van der Waals surface area contributed by atoms with Crippen molar-refractivity contribution < 1.29 is 9.50 Å². The van der Waals surface area contributed by atoms with Gasteiger partial charge in [0.15, 0.2) is 5.16 Å². The molecule has 3 aliphatic rings. The number of rotatable bonds is 6. The number of halogens is 1. The monoisotopic (exact) mass is 404 g/mol. The molecule has 7 nitrogen and oxygen atoms in total. The van der Waals surface area contributed by atoms with Crippen molar-refractivity contribution >= 4 is 29.0 Å². The van der Waals surface area contributed by atoms with Gasteiger partial charge < -0.3 is 26.0 Å². The molecule has 1 atom stereocenters.